The van der Waals surface area contributed by atoms with Crippen LogP contribution in [0.2, 0.25) is 0 Å². The average molecular weight is 274 g/mol. The lowest BCUT2D eigenvalue weighted by atomic mass is 9.98. The van der Waals surface area contributed by atoms with Crippen molar-refractivity contribution in [1.29, 1.82) is 0 Å². The molecule has 3 rings (SSSR count). The van der Waals surface area contributed by atoms with Gasteiger partial charge in [0.1, 0.15) is 6.10 Å². The zero-order valence-corrected chi connectivity index (χ0v) is 12.5. The van der Waals surface area contributed by atoms with Gasteiger partial charge in [-0.3, -0.25) is 0 Å². The number of aromatic nitrogens is 1. The topological polar surface area (TPSA) is 34.1 Å². The van der Waals surface area contributed by atoms with Crippen LogP contribution in [0.4, 0.5) is 0 Å². The van der Waals surface area contributed by atoms with Crippen LogP contribution in [0.5, 0.6) is 5.88 Å². The van der Waals surface area contributed by atoms with Crippen LogP contribution in [0.25, 0.3) is 0 Å². The van der Waals surface area contributed by atoms with E-state index in [2.05, 4.69) is 29.4 Å². The third-order valence-corrected chi connectivity index (χ3v) is 4.29. The molecule has 0 amide bonds. The molecule has 3 nitrogen and oxygen atoms in total. The van der Waals surface area contributed by atoms with Crippen LogP contribution in [0.15, 0.2) is 12.1 Å². The minimum absolute atomic E-state index is 0.382. The summed E-state index contributed by atoms with van der Waals surface area (Å²) in [7, 11) is 0. The molecular weight excluding hydrogens is 248 g/mol. The standard InChI is InChI=1S/C17H26N2O/c1-2-14-10-13(12-18-15-8-9-15)11-17(19-14)20-16-6-4-3-5-7-16/h10-11,15-16,18H,2-9,12H2,1H3. The van der Waals surface area contributed by atoms with Crippen molar-refractivity contribution in [2.24, 2.45) is 0 Å². The second-order valence-corrected chi connectivity index (χ2v) is 6.19. The predicted molar refractivity (Wildman–Crippen MR) is 81.0 cm³/mol. The Balaban J connectivity index is 1.65. The maximum atomic E-state index is 6.12. The van der Waals surface area contributed by atoms with Crippen molar-refractivity contribution in [3.63, 3.8) is 0 Å². The molecule has 1 aromatic rings. The first-order valence-electron chi connectivity index (χ1n) is 8.23. The molecule has 0 radical (unpaired) electrons. The molecule has 0 spiro atoms. The van der Waals surface area contributed by atoms with Gasteiger partial charge in [0.15, 0.2) is 0 Å². The maximum absolute atomic E-state index is 6.12. The second kappa shape index (κ2) is 6.57. The first-order valence-corrected chi connectivity index (χ1v) is 8.23. The quantitative estimate of drug-likeness (QED) is 0.860. The van der Waals surface area contributed by atoms with E-state index >= 15 is 0 Å². The van der Waals surface area contributed by atoms with Crippen LogP contribution < -0.4 is 10.1 Å². The molecule has 0 bridgehead atoms. The molecule has 1 N–H and O–H groups in total. The normalized spacial score (nSPS) is 20.1. The number of nitrogens with one attached hydrogen (secondary N) is 1. The van der Waals surface area contributed by atoms with Gasteiger partial charge in [0.25, 0.3) is 0 Å². The summed E-state index contributed by atoms with van der Waals surface area (Å²) in [5, 5.41) is 3.57. The molecule has 2 fully saturated rings. The van der Waals surface area contributed by atoms with Crippen molar-refractivity contribution in [2.75, 3.05) is 0 Å². The summed E-state index contributed by atoms with van der Waals surface area (Å²) < 4.78 is 6.12. The fourth-order valence-electron chi connectivity index (χ4n) is 2.87. The Hall–Kier alpha value is -1.09. The van der Waals surface area contributed by atoms with E-state index in [1.165, 1.54) is 50.5 Å². The molecule has 2 aliphatic rings. The minimum atomic E-state index is 0.382. The van der Waals surface area contributed by atoms with Gasteiger partial charge in [-0.15, -0.1) is 0 Å². The SMILES string of the molecule is CCc1cc(CNC2CC2)cc(OC2CCCCC2)n1. The van der Waals surface area contributed by atoms with Crippen LogP contribution in [0.1, 0.15) is 63.1 Å². The summed E-state index contributed by atoms with van der Waals surface area (Å²) in [5.74, 6) is 0.837. The summed E-state index contributed by atoms with van der Waals surface area (Å²) in [6.45, 7) is 3.10. The third kappa shape index (κ3) is 3.95. The molecular formula is C17H26N2O. The van der Waals surface area contributed by atoms with E-state index in [-0.39, 0.29) is 0 Å². The van der Waals surface area contributed by atoms with E-state index in [1.807, 2.05) is 0 Å². The summed E-state index contributed by atoms with van der Waals surface area (Å²) >= 11 is 0. The number of hydrogen-bond donors (Lipinski definition) is 1. The third-order valence-electron chi connectivity index (χ3n) is 4.29. The average Bonchev–Trinajstić information content (AvgIpc) is 3.30. The molecule has 0 aliphatic heterocycles. The molecule has 0 aromatic carbocycles. The van der Waals surface area contributed by atoms with Crippen molar-refractivity contribution < 1.29 is 4.74 Å². The molecule has 1 aromatic heterocycles. The molecule has 110 valence electrons. The number of ether oxygens (including phenoxy) is 1. The molecule has 2 saturated carbocycles. The Kier molecular flexibility index (Phi) is 4.56. The molecule has 1 heterocycles. The number of rotatable bonds is 6. The zero-order chi connectivity index (χ0) is 13.8. The van der Waals surface area contributed by atoms with Crippen LogP contribution in [0.3, 0.4) is 0 Å². The van der Waals surface area contributed by atoms with Crippen LogP contribution in [-0.4, -0.2) is 17.1 Å². The predicted octanol–water partition coefficient (Wildman–Crippen LogP) is 3.61. The van der Waals surface area contributed by atoms with Crippen molar-refractivity contribution in [3.05, 3.63) is 23.4 Å². The van der Waals surface area contributed by atoms with Crippen LogP contribution >= 0.6 is 0 Å². The van der Waals surface area contributed by atoms with Crippen molar-refractivity contribution >= 4 is 0 Å². The van der Waals surface area contributed by atoms with Gasteiger partial charge in [0.05, 0.1) is 0 Å². The van der Waals surface area contributed by atoms with Gasteiger partial charge < -0.3 is 10.1 Å². The fourth-order valence-corrected chi connectivity index (χ4v) is 2.87. The van der Waals surface area contributed by atoms with Gasteiger partial charge >= 0.3 is 0 Å². The van der Waals surface area contributed by atoms with E-state index in [1.54, 1.807) is 0 Å². The molecule has 0 unspecified atom stereocenters. The minimum Gasteiger partial charge on any atom is -0.474 e. The van der Waals surface area contributed by atoms with Gasteiger partial charge in [0, 0.05) is 24.3 Å². The Labute approximate surface area is 122 Å². The fraction of sp³-hybridized carbons (Fsp3) is 0.706. The molecule has 0 saturated heterocycles. The molecule has 3 heteroatoms. The molecule has 20 heavy (non-hydrogen) atoms. The lowest BCUT2D eigenvalue weighted by molar-refractivity contribution is 0.148. The van der Waals surface area contributed by atoms with E-state index in [0.717, 1.165) is 30.6 Å². The van der Waals surface area contributed by atoms with Crippen molar-refractivity contribution in [3.8, 4) is 5.88 Å². The van der Waals surface area contributed by atoms with Gasteiger partial charge in [-0.25, -0.2) is 4.98 Å². The number of hydrogen-bond acceptors (Lipinski definition) is 3. The van der Waals surface area contributed by atoms with Crippen LogP contribution in [0, 0.1) is 0 Å². The summed E-state index contributed by atoms with van der Waals surface area (Å²) in [6, 6.07) is 5.09. The Morgan fingerprint density at radius 2 is 1.95 bits per heavy atom. The highest BCUT2D eigenvalue weighted by Crippen LogP contribution is 2.24. The second-order valence-electron chi connectivity index (χ2n) is 6.19. The summed E-state index contributed by atoms with van der Waals surface area (Å²) in [4.78, 5) is 4.64. The first kappa shape index (κ1) is 13.9. The Morgan fingerprint density at radius 1 is 1.15 bits per heavy atom. The van der Waals surface area contributed by atoms with Crippen molar-refractivity contribution in [2.45, 2.75) is 77.0 Å². The lowest BCUT2D eigenvalue weighted by Gasteiger charge is -2.23. The largest absolute Gasteiger partial charge is 0.474 e. The smallest absolute Gasteiger partial charge is 0.214 e. The van der Waals surface area contributed by atoms with Crippen molar-refractivity contribution in [1.82, 2.24) is 10.3 Å². The van der Waals surface area contributed by atoms with E-state index in [4.69, 9.17) is 4.74 Å². The number of pyridine rings is 1. The Bertz CT molecular complexity index is 437. The molecule has 2 aliphatic carbocycles. The molecule has 0 atom stereocenters. The monoisotopic (exact) mass is 274 g/mol. The highest BCUT2D eigenvalue weighted by Gasteiger charge is 2.20. The van der Waals surface area contributed by atoms with E-state index < -0.39 is 0 Å². The number of nitrogens with zero attached hydrogens (tertiary/aromatic N) is 1. The highest BCUT2D eigenvalue weighted by atomic mass is 16.5. The Morgan fingerprint density at radius 3 is 2.65 bits per heavy atom. The van der Waals surface area contributed by atoms with Crippen LogP contribution in [-0.2, 0) is 13.0 Å². The highest BCUT2D eigenvalue weighted by molar-refractivity contribution is 5.25. The number of aryl methyl sites for hydroxylation is 1. The lowest BCUT2D eigenvalue weighted by Crippen LogP contribution is -2.21. The van der Waals surface area contributed by atoms with Gasteiger partial charge in [-0.1, -0.05) is 13.3 Å². The first-order chi connectivity index (χ1) is 9.83. The van der Waals surface area contributed by atoms with Gasteiger partial charge in [-0.2, -0.15) is 0 Å². The zero-order valence-electron chi connectivity index (χ0n) is 12.5. The van der Waals surface area contributed by atoms with E-state index in [9.17, 15) is 0 Å². The van der Waals surface area contributed by atoms with E-state index in [0.29, 0.717) is 6.10 Å². The van der Waals surface area contributed by atoms with Gasteiger partial charge in [-0.05, 0) is 56.6 Å². The summed E-state index contributed by atoms with van der Waals surface area (Å²) in [5.41, 5.74) is 2.46. The summed E-state index contributed by atoms with van der Waals surface area (Å²) in [6.07, 6.45) is 10.3. The van der Waals surface area contributed by atoms with Gasteiger partial charge in [0.2, 0.25) is 5.88 Å². The maximum Gasteiger partial charge on any atom is 0.214 e.